The van der Waals surface area contributed by atoms with Gasteiger partial charge in [-0.3, -0.25) is 0 Å². The Morgan fingerprint density at radius 3 is 1.68 bits per heavy atom. The molecule has 0 unspecified atom stereocenters. The van der Waals surface area contributed by atoms with Crippen LogP contribution in [0.15, 0.2) is 48.5 Å². The Balaban J connectivity index is 1.27. The summed E-state index contributed by atoms with van der Waals surface area (Å²) < 4.78 is 11.6. The lowest BCUT2D eigenvalue weighted by Crippen LogP contribution is -2.50. The van der Waals surface area contributed by atoms with Crippen molar-refractivity contribution in [2.24, 2.45) is 0 Å². The number of hydrogen-bond donors (Lipinski definition) is 2. The van der Waals surface area contributed by atoms with Crippen LogP contribution in [0.25, 0.3) is 0 Å². The molecule has 4 rings (SSSR count). The summed E-state index contributed by atoms with van der Waals surface area (Å²) in [5.74, 6) is 0. The third-order valence-corrected chi connectivity index (χ3v) is 4.27. The lowest BCUT2D eigenvalue weighted by atomic mass is 9.73. The fourth-order valence-corrected chi connectivity index (χ4v) is 3.11. The molecule has 2 N–H and O–H groups in total. The van der Waals surface area contributed by atoms with E-state index in [4.69, 9.17) is 9.31 Å². The van der Waals surface area contributed by atoms with E-state index in [-0.39, 0.29) is 14.1 Å². The van der Waals surface area contributed by atoms with Crippen LogP contribution < -0.4 is 21.4 Å². The van der Waals surface area contributed by atoms with Gasteiger partial charge in [-0.25, -0.2) is 0 Å². The van der Waals surface area contributed by atoms with Crippen LogP contribution in [0, 0.1) is 0 Å². The van der Waals surface area contributed by atoms with Gasteiger partial charge in [-0.1, -0.05) is 48.5 Å². The number of benzene rings is 2. The lowest BCUT2D eigenvalue weighted by Gasteiger charge is -2.12. The molecular weight excluding hydrogens is 274 g/mol. The minimum atomic E-state index is 0.00906. The van der Waals surface area contributed by atoms with E-state index < -0.39 is 0 Å². The van der Waals surface area contributed by atoms with Crippen LogP contribution in [0.2, 0.25) is 0 Å². The lowest BCUT2D eigenvalue weighted by molar-refractivity contribution is 0.319. The quantitative estimate of drug-likeness (QED) is 0.602. The molecule has 4 nitrogen and oxygen atoms in total. The molecule has 0 radical (unpaired) electrons. The Kier molecular flexibility index (Phi) is 3.99. The highest BCUT2D eigenvalue weighted by Crippen LogP contribution is 2.09. The summed E-state index contributed by atoms with van der Waals surface area (Å²) in [4.78, 5) is 0. The van der Waals surface area contributed by atoms with Gasteiger partial charge < -0.3 is 19.8 Å². The van der Waals surface area contributed by atoms with Crippen molar-refractivity contribution in [2.45, 2.75) is 13.2 Å². The topological polar surface area (TPSA) is 42.5 Å². The number of fused-ring (bicyclic) bond motifs is 2. The van der Waals surface area contributed by atoms with Gasteiger partial charge in [0.2, 0.25) is 0 Å². The third kappa shape index (κ3) is 2.71. The van der Waals surface area contributed by atoms with Crippen molar-refractivity contribution >= 4 is 25.0 Å². The summed E-state index contributed by atoms with van der Waals surface area (Å²) >= 11 is 0. The van der Waals surface area contributed by atoms with Gasteiger partial charge in [0.05, 0.1) is 13.2 Å². The first-order chi connectivity index (χ1) is 10.9. The van der Waals surface area contributed by atoms with E-state index in [0.29, 0.717) is 13.2 Å². The first kappa shape index (κ1) is 14.0. The Bertz CT molecular complexity index is 611. The Labute approximate surface area is 131 Å². The molecule has 0 atom stereocenters. The van der Waals surface area contributed by atoms with Crippen molar-refractivity contribution in [3.05, 3.63) is 59.7 Å². The molecule has 110 valence electrons. The van der Waals surface area contributed by atoms with Crippen LogP contribution in [-0.2, 0) is 22.5 Å². The summed E-state index contributed by atoms with van der Waals surface area (Å²) in [6.07, 6.45) is 0. The van der Waals surface area contributed by atoms with Gasteiger partial charge in [-0.2, -0.15) is 0 Å². The minimum Gasteiger partial charge on any atom is -0.413 e. The zero-order valence-electron chi connectivity index (χ0n) is 12.4. The molecule has 0 amide bonds. The summed E-state index contributed by atoms with van der Waals surface area (Å²) in [7, 11) is 0.0181. The fraction of sp³-hybridized carbons (Fsp3) is 0.250. The molecule has 2 aromatic rings. The van der Waals surface area contributed by atoms with Crippen LogP contribution in [0.5, 0.6) is 0 Å². The molecule has 2 aliphatic heterocycles. The summed E-state index contributed by atoms with van der Waals surface area (Å²) in [6, 6.07) is 16.7. The average molecular weight is 292 g/mol. The first-order valence-corrected chi connectivity index (χ1v) is 7.77. The van der Waals surface area contributed by atoms with E-state index in [1.807, 2.05) is 0 Å². The van der Waals surface area contributed by atoms with Gasteiger partial charge in [-0.05, 0) is 35.1 Å². The van der Waals surface area contributed by atoms with Crippen LogP contribution >= 0.6 is 0 Å². The summed E-state index contributed by atoms with van der Waals surface area (Å²) in [5, 5.41) is 6.89. The van der Waals surface area contributed by atoms with Gasteiger partial charge >= 0.3 is 14.1 Å². The van der Waals surface area contributed by atoms with Gasteiger partial charge in [0, 0.05) is 0 Å². The normalized spacial score (nSPS) is 16.0. The van der Waals surface area contributed by atoms with Crippen molar-refractivity contribution in [1.29, 1.82) is 0 Å². The highest BCUT2D eigenvalue weighted by molar-refractivity contribution is 6.67. The number of rotatable bonds is 5. The molecule has 2 aliphatic rings. The molecule has 0 fully saturated rings. The van der Waals surface area contributed by atoms with Gasteiger partial charge in [0.25, 0.3) is 0 Å². The highest BCUT2D eigenvalue weighted by Gasteiger charge is 2.29. The second-order valence-corrected chi connectivity index (χ2v) is 5.69. The van der Waals surface area contributed by atoms with E-state index in [1.165, 1.54) is 22.1 Å². The molecule has 2 aromatic carbocycles. The Hall–Kier alpha value is -1.59. The molecule has 6 heteroatoms. The number of hydrogen-bond acceptors (Lipinski definition) is 4. The molecule has 22 heavy (non-hydrogen) atoms. The summed E-state index contributed by atoms with van der Waals surface area (Å²) in [5.41, 5.74) is 5.07. The average Bonchev–Trinajstić information content (AvgIpc) is 3.16. The molecule has 0 saturated carbocycles. The maximum Gasteiger partial charge on any atom is 0.416 e. The second kappa shape index (κ2) is 6.26. The molecule has 0 aliphatic carbocycles. The maximum absolute atomic E-state index is 5.78. The van der Waals surface area contributed by atoms with Crippen LogP contribution in [0.1, 0.15) is 11.1 Å². The zero-order valence-corrected chi connectivity index (χ0v) is 12.4. The Morgan fingerprint density at radius 1 is 0.727 bits per heavy atom. The Morgan fingerprint density at radius 2 is 1.18 bits per heavy atom. The highest BCUT2D eigenvalue weighted by atomic mass is 16.4. The molecule has 0 aromatic heterocycles. The van der Waals surface area contributed by atoms with Gasteiger partial charge in [0.15, 0.2) is 0 Å². The second-order valence-electron chi connectivity index (χ2n) is 5.69. The van der Waals surface area contributed by atoms with Crippen LogP contribution in [-0.4, -0.2) is 27.2 Å². The minimum absolute atomic E-state index is 0.00906. The van der Waals surface area contributed by atoms with Crippen LogP contribution in [0.3, 0.4) is 0 Å². The van der Waals surface area contributed by atoms with Crippen molar-refractivity contribution in [2.75, 3.05) is 13.1 Å². The van der Waals surface area contributed by atoms with Crippen molar-refractivity contribution in [3.63, 3.8) is 0 Å². The van der Waals surface area contributed by atoms with Crippen molar-refractivity contribution in [1.82, 2.24) is 10.5 Å². The standard InChI is InChI=1S/C16H18B2N2O2/c1-3-7-15-13(5-1)11-21-17(15)19-9-10-20-18-16-8-4-2-6-14(16)12-22-18/h1-8,19-20H,9-12H2. The molecular formula is C16H18B2N2O2. The number of nitrogens with one attached hydrogen (secondary N) is 2. The van der Waals surface area contributed by atoms with Gasteiger partial charge in [0.1, 0.15) is 0 Å². The predicted molar refractivity (Wildman–Crippen MR) is 89.2 cm³/mol. The van der Waals surface area contributed by atoms with E-state index in [1.54, 1.807) is 0 Å². The first-order valence-electron chi connectivity index (χ1n) is 7.77. The monoisotopic (exact) mass is 292 g/mol. The van der Waals surface area contributed by atoms with Crippen LogP contribution in [0.4, 0.5) is 0 Å². The molecule has 0 saturated heterocycles. The fourth-order valence-electron chi connectivity index (χ4n) is 3.11. The third-order valence-electron chi connectivity index (χ3n) is 4.27. The van der Waals surface area contributed by atoms with Crippen molar-refractivity contribution < 1.29 is 9.31 Å². The van der Waals surface area contributed by atoms with Gasteiger partial charge in [-0.15, -0.1) is 0 Å². The smallest absolute Gasteiger partial charge is 0.413 e. The van der Waals surface area contributed by atoms with E-state index in [0.717, 1.165) is 13.1 Å². The maximum atomic E-state index is 5.78. The van der Waals surface area contributed by atoms with E-state index >= 15 is 0 Å². The molecule has 2 heterocycles. The largest absolute Gasteiger partial charge is 0.416 e. The molecule has 0 bridgehead atoms. The SMILES string of the molecule is c1ccc2c(c1)COB2NCCNB1OCc2ccccc21. The predicted octanol–water partition coefficient (Wildman–Crippen LogP) is 0.0168. The van der Waals surface area contributed by atoms with E-state index in [9.17, 15) is 0 Å². The summed E-state index contributed by atoms with van der Waals surface area (Å²) in [6.45, 7) is 3.06. The molecule has 0 spiro atoms. The zero-order chi connectivity index (χ0) is 14.8. The van der Waals surface area contributed by atoms with Crippen molar-refractivity contribution in [3.8, 4) is 0 Å². The van der Waals surface area contributed by atoms with E-state index in [2.05, 4.69) is 59.0 Å².